The molecule has 0 bridgehead atoms. The maximum Gasteiger partial charge on any atom is 0.245 e. The van der Waals surface area contributed by atoms with E-state index in [4.69, 9.17) is 10.5 Å². The number of carbonyl (C=O) groups excluding carboxylic acids is 2. The minimum Gasteiger partial charge on any atom is -0.507 e. The highest BCUT2D eigenvalue weighted by Gasteiger charge is 2.58. The summed E-state index contributed by atoms with van der Waals surface area (Å²) in [5.41, 5.74) is 5.04. The molecule has 1 amide bonds. The first-order valence-electron chi connectivity index (χ1n) is 7.89. The summed E-state index contributed by atoms with van der Waals surface area (Å²) < 4.78 is 6.17. The Labute approximate surface area is 162 Å². The van der Waals surface area contributed by atoms with Crippen LogP contribution in [0, 0.1) is 11.3 Å². The third-order valence-electron chi connectivity index (χ3n) is 4.82. The van der Waals surface area contributed by atoms with Gasteiger partial charge in [-0.2, -0.15) is 5.26 Å². The topological polar surface area (TPSA) is 125 Å². The van der Waals surface area contributed by atoms with Crippen molar-refractivity contribution in [3.63, 3.8) is 0 Å². The number of hydrogen-bond donors (Lipinski definition) is 3. The van der Waals surface area contributed by atoms with E-state index in [0.29, 0.717) is 15.7 Å². The highest BCUT2D eigenvalue weighted by Crippen LogP contribution is 2.56. The van der Waals surface area contributed by atoms with Crippen LogP contribution in [0.1, 0.15) is 28.4 Å². The number of phenolic OH excluding ortho intramolecular Hbond substituents is 1. The number of halogens is 1. The smallest absolute Gasteiger partial charge is 0.245 e. The summed E-state index contributed by atoms with van der Waals surface area (Å²) in [5, 5.41) is 23.4. The number of fused-ring (bicyclic) bond motifs is 4. The number of ether oxygens (including phenoxy) is 1. The van der Waals surface area contributed by atoms with Gasteiger partial charge in [0.15, 0.2) is 5.78 Å². The van der Waals surface area contributed by atoms with Crippen LogP contribution in [-0.4, -0.2) is 16.8 Å². The van der Waals surface area contributed by atoms with Crippen molar-refractivity contribution in [2.75, 3.05) is 5.32 Å². The first-order valence-corrected chi connectivity index (χ1v) is 8.68. The van der Waals surface area contributed by atoms with E-state index < -0.39 is 17.1 Å². The van der Waals surface area contributed by atoms with Crippen LogP contribution in [0.3, 0.4) is 0 Å². The SMILES string of the molecule is CC(=O)c1ccc2c(c1O)C1(C(=O)Nc3ccc(Br)cc31)C(C#N)=C(N)O2. The molecule has 27 heavy (non-hydrogen) atoms. The number of nitrogens with zero attached hydrogens (tertiary/aromatic N) is 1. The summed E-state index contributed by atoms with van der Waals surface area (Å²) in [6, 6.07) is 9.89. The Balaban J connectivity index is 2.21. The fourth-order valence-electron chi connectivity index (χ4n) is 3.69. The number of amides is 1. The Morgan fingerprint density at radius 3 is 2.78 bits per heavy atom. The highest BCUT2D eigenvalue weighted by molar-refractivity contribution is 9.10. The number of aromatic hydroxyl groups is 1. The molecule has 0 radical (unpaired) electrons. The number of nitriles is 1. The zero-order valence-electron chi connectivity index (χ0n) is 14.0. The highest BCUT2D eigenvalue weighted by atomic mass is 79.9. The minimum absolute atomic E-state index is 0.0192. The van der Waals surface area contributed by atoms with Gasteiger partial charge in [0, 0.05) is 15.7 Å². The first-order chi connectivity index (χ1) is 12.8. The molecular weight excluding hydrogens is 414 g/mol. The lowest BCUT2D eigenvalue weighted by Gasteiger charge is -2.34. The van der Waals surface area contributed by atoms with Crippen molar-refractivity contribution in [2.24, 2.45) is 5.73 Å². The number of anilines is 1. The maximum atomic E-state index is 13.2. The quantitative estimate of drug-likeness (QED) is 0.603. The largest absolute Gasteiger partial charge is 0.507 e. The number of ketones is 1. The van der Waals surface area contributed by atoms with Crippen molar-refractivity contribution in [3.8, 4) is 17.6 Å². The van der Waals surface area contributed by atoms with E-state index in [1.54, 1.807) is 18.2 Å². The summed E-state index contributed by atoms with van der Waals surface area (Å²) in [7, 11) is 0. The third kappa shape index (κ3) is 2.06. The predicted octanol–water partition coefficient (Wildman–Crippen LogP) is 2.68. The number of hydrogen-bond acceptors (Lipinski definition) is 6. The van der Waals surface area contributed by atoms with E-state index in [-0.39, 0.29) is 34.1 Å². The van der Waals surface area contributed by atoms with Gasteiger partial charge < -0.3 is 20.9 Å². The van der Waals surface area contributed by atoms with Gasteiger partial charge in [-0.15, -0.1) is 0 Å². The van der Waals surface area contributed by atoms with Crippen molar-refractivity contribution in [1.82, 2.24) is 0 Å². The lowest BCUT2D eigenvalue weighted by atomic mass is 9.68. The Kier molecular flexibility index (Phi) is 3.55. The van der Waals surface area contributed by atoms with Gasteiger partial charge in [-0.1, -0.05) is 15.9 Å². The summed E-state index contributed by atoms with van der Waals surface area (Å²) in [4.78, 5) is 25.2. The number of Topliss-reactive ketones (excluding diaryl/α,β-unsaturated/α-hetero) is 1. The molecule has 1 atom stereocenters. The lowest BCUT2D eigenvalue weighted by molar-refractivity contribution is -0.118. The number of nitrogens with two attached hydrogens (primary N) is 1. The summed E-state index contributed by atoms with van der Waals surface area (Å²) in [6.45, 7) is 1.30. The fraction of sp³-hybridized carbons (Fsp3) is 0.105. The van der Waals surface area contributed by atoms with Crippen LogP contribution in [0.5, 0.6) is 11.5 Å². The number of rotatable bonds is 1. The van der Waals surface area contributed by atoms with Crippen LogP contribution in [0.15, 0.2) is 46.3 Å². The second-order valence-corrected chi connectivity index (χ2v) is 7.15. The first kappa shape index (κ1) is 17.1. The van der Waals surface area contributed by atoms with Gasteiger partial charge in [0.25, 0.3) is 0 Å². The van der Waals surface area contributed by atoms with Crippen LogP contribution in [-0.2, 0) is 10.2 Å². The number of phenols is 1. The average Bonchev–Trinajstić information content (AvgIpc) is 2.87. The van der Waals surface area contributed by atoms with Crippen molar-refractivity contribution in [3.05, 3.63) is 63.0 Å². The van der Waals surface area contributed by atoms with E-state index in [9.17, 15) is 20.0 Å². The van der Waals surface area contributed by atoms with Crippen molar-refractivity contribution in [1.29, 1.82) is 5.26 Å². The van der Waals surface area contributed by atoms with Crippen molar-refractivity contribution in [2.45, 2.75) is 12.3 Å². The second-order valence-electron chi connectivity index (χ2n) is 6.24. The molecule has 0 aromatic heterocycles. The maximum absolute atomic E-state index is 13.2. The Morgan fingerprint density at radius 1 is 1.37 bits per heavy atom. The summed E-state index contributed by atoms with van der Waals surface area (Å²) in [5.74, 6) is -1.49. The van der Waals surface area contributed by atoms with Gasteiger partial charge >= 0.3 is 0 Å². The van der Waals surface area contributed by atoms with Crippen LogP contribution >= 0.6 is 15.9 Å². The van der Waals surface area contributed by atoms with Gasteiger partial charge in [0.1, 0.15) is 28.6 Å². The van der Waals surface area contributed by atoms with Gasteiger partial charge in [0.2, 0.25) is 11.8 Å². The molecule has 1 unspecified atom stereocenters. The Bertz CT molecular complexity index is 1130. The van der Waals surface area contributed by atoms with Gasteiger partial charge in [-0.25, -0.2) is 0 Å². The molecule has 0 aliphatic carbocycles. The molecule has 2 aliphatic rings. The molecule has 2 heterocycles. The van der Waals surface area contributed by atoms with Crippen LogP contribution in [0.4, 0.5) is 5.69 Å². The molecule has 0 saturated carbocycles. The zero-order valence-corrected chi connectivity index (χ0v) is 15.5. The molecule has 2 aromatic rings. The standard InChI is InChI=1S/C19H12BrN3O4/c1-8(24)10-3-5-14-15(16(10)25)19(12(7-21)17(22)27-14)11-6-9(20)2-4-13(11)23-18(19)26/h2-6,25H,22H2,1H3,(H,23,26). The molecular formula is C19H12BrN3O4. The normalized spacial score (nSPS) is 19.8. The number of carbonyl (C=O) groups is 2. The average molecular weight is 426 g/mol. The molecule has 8 heteroatoms. The zero-order chi connectivity index (χ0) is 19.5. The molecule has 2 aromatic carbocycles. The predicted molar refractivity (Wildman–Crippen MR) is 99.1 cm³/mol. The molecule has 4 N–H and O–H groups in total. The molecule has 0 saturated heterocycles. The molecule has 134 valence electrons. The van der Waals surface area contributed by atoms with E-state index in [0.717, 1.165) is 0 Å². The molecule has 4 rings (SSSR count). The third-order valence-corrected chi connectivity index (χ3v) is 5.31. The van der Waals surface area contributed by atoms with Crippen LogP contribution in [0.2, 0.25) is 0 Å². The van der Waals surface area contributed by atoms with Crippen LogP contribution < -0.4 is 15.8 Å². The minimum atomic E-state index is -1.72. The van der Waals surface area contributed by atoms with Gasteiger partial charge in [-0.05, 0) is 37.3 Å². The van der Waals surface area contributed by atoms with Crippen molar-refractivity contribution < 1.29 is 19.4 Å². The Hall–Kier alpha value is -3.31. The van der Waals surface area contributed by atoms with Gasteiger partial charge in [0.05, 0.1) is 11.1 Å². The van der Waals surface area contributed by atoms with E-state index in [2.05, 4.69) is 21.2 Å². The van der Waals surface area contributed by atoms with Crippen molar-refractivity contribution >= 4 is 33.3 Å². The number of benzene rings is 2. The van der Waals surface area contributed by atoms with Gasteiger partial charge in [-0.3, -0.25) is 9.59 Å². The lowest BCUT2D eigenvalue weighted by Crippen LogP contribution is -2.42. The summed E-state index contributed by atoms with van der Waals surface area (Å²) >= 11 is 3.37. The molecule has 7 nitrogen and oxygen atoms in total. The number of nitrogens with one attached hydrogen (secondary N) is 1. The second kappa shape index (κ2) is 5.59. The summed E-state index contributed by atoms with van der Waals surface area (Å²) in [6.07, 6.45) is 0. The Morgan fingerprint density at radius 2 is 2.11 bits per heavy atom. The van der Waals surface area contributed by atoms with E-state index in [1.807, 2.05) is 6.07 Å². The fourth-order valence-corrected chi connectivity index (χ4v) is 4.05. The van der Waals surface area contributed by atoms with Crippen LogP contribution in [0.25, 0.3) is 0 Å². The van der Waals surface area contributed by atoms with E-state index >= 15 is 0 Å². The molecule has 0 fully saturated rings. The monoisotopic (exact) mass is 425 g/mol. The molecule has 1 spiro atoms. The molecule has 2 aliphatic heterocycles. The van der Waals surface area contributed by atoms with E-state index in [1.165, 1.54) is 19.1 Å².